The number of anilines is 1. The summed E-state index contributed by atoms with van der Waals surface area (Å²) in [6, 6.07) is 10.3. The van der Waals surface area contributed by atoms with Gasteiger partial charge in [0, 0.05) is 38.7 Å². The maximum Gasteiger partial charge on any atom is 0.220 e. The smallest absolute Gasteiger partial charge is 0.220 e. The first-order valence-electron chi connectivity index (χ1n) is 9.85. The topological polar surface area (TPSA) is 71.3 Å². The Balaban J connectivity index is 1.28. The van der Waals surface area contributed by atoms with Crippen molar-refractivity contribution in [2.45, 2.75) is 32.2 Å². The number of hydrogen-bond acceptors (Lipinski definition) is 5. The van der Waals surface area contributed by atoms with Gasteiger partial charge in [-0.1, -0.05) is 12.1 Å². The quantitative estimate of drug-likeness (QED) is 0.661. The minimum Gasteiger partial charge on any atom is -0.441 e. The fraction of sp³-hybridized carbons (Fsp3) is 0.318. The third-order valence-electron chi connectivity index (χ3n) is 4.99. The molecule has 3 heterocycles. The summed E-state index contributed by atoms with van der Waals surface area (Å²) in [5, 5.41) is 2.92. The minimum absolute atomic E-state index is 0.0878. The van der Waals surface area contributed by atoms with Gasteiger partial charge in [0.1, 0.15) is 11.6 Å². The van der Waals surface area contributed by atoms with Crippen molar-refractivity contribution >= 4 is 11.7 Å². The van der Waals surface area contributed by atoms with Gasteiger partial charge in [0.2, 0.25) is 5.91 Å². The van der Waals surface area contributed by atoms with Crippen molar-refractivity contribution in [1.29, 1.82) is 0 Å². The lowest BCUT2D eigenvalue weighted by Crippen LogP contribution is -2.24. The van der Waals surface area contributed by atoms with Crippen LogP contribution in [0.2, 0.25) is 0 Å². The van der Waals surface area contributed by atoms with E-state index in [1.165, 1.54) is 25.1 Å². The Kier molecular flexibility index (Phi) is 5.84. The number of aryl methyl sites for hydroxylation is 1. The lowest BCUT2D eigenvalue weighted by atomic mass is 10.2. The van der Waals surface area contributed by atoms with Gasteiger partial charge in [-0.25, -0.2) is 14.4 Å². The standard InChI is InChI=1S/C22H23FN4O2/c23-18-6-2-1-5-17(18)19-15-26-22(29-19)8-7-21(28)25-14-16-9-10-24-20(13-16)27-11-3-4-12-27/h1-2,5-6,9-10,13,15H,3-4,7-8,11-12,14H2,(H,25,28). The third kappa shape index (κ3) is 4.80. The van der Waals surface area contributed by atoms with Gasteiger partial charge in [-0.2, -0.15) is 0 Å². The number of carbonyl (C=O) groups excluding carboxylic acids is 1. The number of nitrogens with zero attached hydrogens (tertiary/aromatic N) is 3. The van der Waals surface area contributed by atoms with Gasteiger partial charge in [0.05, 0.1) is 11.8 Å². The van der Waals surface area contributed by atoms with E-state index in [4.69, 9.17) is 4.42 Å². The molecule has 6 nitrogen and oxygen atoms in total. The second kappa shape index (κ2) is 8.86. The van der Waals surface area contributed by atoms with Gasteiger partial charge >= 0.3 is 0 Å². The Labute approximate surface area is 168 Å². The lowest BCUT2D eigenvalue weighted by Gasteiger charge is -2.17. The SMILES string of the molecule is O=C(CCc1ncc(-c2ccccc2F)o1)NCc1ccnc(N2CCCC2)c1. The van der Waals surface area contributed by atoms with Crippen molar-refractivity contribution in [1.82, 2.24) is 15.3 Å². The molecule has 1 aromatic carbocycles. The average Bonchev–Trinajstić information content (AvgIpc) is 3.44. The minimum atomic E-state index is -0.362. The molecule has 1 fully saturated rings. The van der Waals surface area contributed by atoms with Gasteiger partial charge in [0.25, 0.3) is 0 Å². The number of aromatic nitrogens is 2. The highest BCUT2D eigenvalue weighted by atomic mass is 19.1. The average molecular weight is 394 g/mol. The molecule has 0 saturated carbocycles. The number of amides is 1. The lowest BCUT2D eigenvalue weighted by molar-refractivity contribution is -0.121. The monoisotopic (exact) mass is 394 g/mol. The molecule has 7 heteroatoms. The van der Waals surface area contributed by atoms with E-state index in [0.717, 1.165) is 24.5 Å². The van der Waals surface area contributed by atoms with Crippen LogP contribution in [0.3, 0.4) is 0 Å². The van der Waals surface area contributed by atoms with Crippen LogP contribution in [0.1, 0.15) is 30.7 Å². The number of oxazole rings is 1. The van der Waals surface area contributed by atoms with Crippen LogP contribution in [0.25, 0.3) is 11.3 Å². The summed E-state index contributed by atoms with van der Waals surface area (Å²) in [5.74, 6) is 1.30. The van der Waals surface area contributed by atoms with Gasteiger partial charge in [0.15, 0.2) is 11.7 Å². The Bertz CT molecular complexity index is 982. The molecule has 0 bridgehead atoms. The molecule has 4 rings (SSSR count). The van der Waals surface area contributed by atoms with Crippen LogP contribution >= 0.6 is 0 Å². The maximum absolute atomic E-state index is 13.8. The summed E-state index contributed by atoms with van der Waals surface area (Å²) in [5.41, 5.74) is 1.38. The summed E-state index contributed by atoms with van der Waals surface area (Å²) < 4.78 is 19.4. The normalized spacial score (nSPS) is 13.6. The van der Waals surface area contributed by atoms with Gasteiger partial charge in [-0.05, 0) is 42.7 Å². The molecular weight excluding hydrogens is 371 g/mol. The third-order valence-corrected chi connectivity index (χ3v) is 4.99. The Morgan fingerprint density at radius 3 is 2.83 bits per heavy atom. The largest absolute Gasteiger partial charge is 0.441 e. The van der Waals surface area contributed by atoms with E-state index in [-0.39, 0.29) is 18.1 Å². The molecule has 150 valence electrons. The number of halogens is 1. The fourth-order valence-electron chi connectivity index (χ4n) is 3.41. The highest BCUT2D eigenvalue weighted by molar-refractivity contribution is 5.76. The first-order chi connectivity index (χ1) is 14.2. The van der Waals surface area contributed by atoms with Gasteiger partial charge in [-0.3, -0.25) is 4.79 Å². The van der Waals surface area contributed by atoms with E-state index in [0.29, 0.717) is 30.2 Å². The van der Waals surface area contributed by atoms with Crippen LogP contribution in [0, 0.1) is 5.82 Å². The maximum atomic E-state index is 13.8. The fourth-order valence-corrected chi connectivity index (χ4v) is 3.41. The first kappa shape index (κ1) is 19.1. The molecule has 0 aliphatic carbocycles. The molecule has 0 atom stereocenters. The van der Waals surface area contributed by atoms with Crippen molar-refractivity contribution in [3.8, 4) is 11.3 Å². The molecule has 0 radical (unpaired) electrons. The first-order valence-corrected chi connectivity index (χ1v) is 9.85. The van der Waals surface area contributed by atoms with E-state index in [1.807, 2.05) is 12.1 Å². The van der Waals surface area contributed by atoms with Crippen LogP contribution < -0.4 is 10.2 Å². The number of carbonyl (C=O) groups is 1. The Hall–Kier alpha value is -3.22. The highest BCUT2D eigenvalue weighted by Crippen LogP contribution is 2.23. The van der Waals surface area contributed by atoms with Crippen LogP contribution in [-0.2, 0) is 17.8 Å². The number of rotatable bonds is 7. The predicted molar refractivity (Wildman–Crippen MR) is 108 cm³/mol. The Morgan fingerprint density at radius 2 is 2.00 bits per heavy atom. The second-order valence-electron chi connectivity index (χ2n) is 7.09. The summed E-state index contributed by atoms with van der Waals surface area (Å²) in [7, 11) is 0. The van der Waals surface area contributed by atoms with E-state index in [2.05, 4.69) is 20.2 Å². The molecule has 1 aliphatic heterocycles. The van der Waals surface area contributed by atoms with E-state index in [1.54, 1.807) is 24.4 Å². The van der Waals surface area contributed by atoms with Crippen LogP contribution in [0.4, 0.5) is 10.2 Å². The van der Waals surface area contributed by atoms with Gasteiger partial charge < -0.3 is 14.6 Å². The zero-order valence-electron chi connectivity index (χ0n) is 16.1. The van der Waals surface area contributed by atoms with E-state index < -0.39 is 0 Å². The number of nitrogens with one attached hydrogen (secondary N) is 1. The van der Waals surface area contributed by atoms with Crippen LogP contribution in [-0.4, -0.2) is 29.0 Å². The van der Waals surface area contributed by atoms with Crippen molar-refractivity contribution in [3.63, 3.8) is 0 Å². The molecule has 29 heavy (non-hydrogen) atoms. The molecule has 0 unspecified atom stereocenters. The van der Waals surface area contributed by atoms with Gasteiger partial charge in [-0.15, -0.1) is 0 Å². The molecule has 1 amide bonds. The summed E-state index contributed by atoms with van der Waals surface area (Å²) in [6.07, 6.45) is 6.27. The molecule has 2 aromatic heterocycles. The van der Waals surface area contributed by atoms with Crippen molar-refractivity contribution in [2.24, 2.45) is 0 Å². The molecular formula is C22H23FN4O2. The highest BCUT2D eigenvalue weighted by Gasteiger charge is 2.14. The summed E-state index contributed by atoms with van der Waals surface area (Å²) >= 11 is 0. The number of pyridine rings is 1. The molecule has 1 saturated heterocycles. The van der Waals surface area contributed by atoms with E-state index in [9.17, 15) is 9.18 Å². The number of hydrogen-bond donors (Lipinski definition) is 1. The second-order valence-corrected chi connectivity index (χ2v) is 7.09. The molecule has 3 aromatic rings. The molecule has 0 spiro atoms. The van der Waals surface area contributed by atoms with Crippen LogP contribution in [0.5, 0.6) is 0 Å². The van der Waals surface area contributed by atoms with Crippen LogP contribution in [0.15, 0.2) is 53.2 Å². The summed E-state index contributed by atoms with van der Waals surface area (Å²) in [4.78, 5) is 23.0. The Morgan fingerprint density at radius 1 is 1.17 bits per heavy atom. The predicted octanol–water partition coefficient (Wildman–Crippen LogP) is 3.72. The zero-order chi connectivity index (χ0) is 20.1. The van der Waals surface area contributed by atoms with Crippen molar-refractivity contribution in [3.05, 3.63) is 66.1 Å². The van der Waals surface area contributed by atoms with Crippen molar-refractivity contribution < 1.29 is 13.6 Å². The molecule has 1 N–H and O–H groups in total. The molecule has 1 aliphatic rings. The summed E-state index contributed by atoms with van der Waals surface area (Å²) in [6.45, 7) is 2.52. The van der Waals surface area contributed by atoms with E-state index >= 15 is 0 Å². The number of benzene rings is 1. The zero-order valence-corrected chi connectivity index (χ0v) is 16.1. The van der Waals surface area contributed by atoms with Crippen molar-refractivity contribution in [2.75, 3.05) is 18.0 Å².